The first-order valence-electron chi connectivity index (χ1n) is 4.01. The molecular formula is C9H11BrFNO2. The van der Waals surface area contributed by atoms with Crippen molar-refractivity contribution < 1.29 is 14.2 Å². The minimum absolute atomic E-state index is 0.0201. The fourth-order valence-electron chi connectivity index (χ4n) is 1.17. The van der Waals surface area contributed by atoms with Crippen molar-refractivity contribution in [2.24, 2.45) is 5.73 Å². The Morgan fingerprint density at radius 3 is 2.79 bits per heavy atom. The smallest absolute Gasteiger partial charge is 0.166 e. The van der Waals surface area contributed by atoms with Gasteiger partial charge in [0.25, 0.3) is 0 Å². The summed E-state index contributed by atoms with van der Waals surface area (Å²) in [5.74, 6) is -0.490. The van der Waals surface area contributed by atoms with E-state index in [9.17, 15) is 9.50 Å². The van der Waals surface area contributed by atoms with Crippen LogP contribution >= 0.6 is 15.9 Å². The molecule has 0 aliphatic rings. The quantitative estimate of drug-likeness (QED) is 0.871. The first-order valence-corrected chi connectivity index (χ1v) is 4.80. The molecule has 0 spiro atoms. The fourth-order valence-corrected chi connectivity index (χ4v) is 1.62. The van der Waals surface area contributed by atoms with Gasteiger partial charge in [-0.25, -0.2) is 4.39 Å². The monoisotopic (exact) mass is 263 g/mol. The van der Waals surface area contributed by atoms with Crippen molar-refractivity contribution >= 4 is 15.9 Å². The molecule has 1 aromatic rings. The average molecular weight is 264 g/mol. The Bertz CT molecular complexity index is 333. The second-order valence-corrected chi connectivity index (χ2v) is 3.68. The van der Waals surface area contributed by atoms with E-state index in [2.05, 4.69) is 15.9 Å². The molecule has 0 unspecified atom stereocenters. The number of hydrogen-bond acceptors (Lipinski definition) is 3. The molecule has 3 N–H and O–H groups in total. The summed E-state index contributed by atoms with van der Waals surface area (Å²) in [7, 11) is 1.35. The number of rotatable bonds is 3. The van der Waals surface area contributed by atoms with E-state index in [0.717, 1.165) is 0 Å². The standard InChI is InChI=1S/C9H11BrFNO2/c1-14-9-6(8(13)4-12)2-5(10)3-7(9)11/h2-3,8,13H,4,12H2,1H3/t8-/m1/s1. The van der Waals surface area contributed by atoms with Crippen LogP contribution in [0, 0.1) is 5.82 Å². The summed E-state index contributed by atoms with van der Waals surface area (Å²) >= 11 is 3.13. The molecule has 0 radical (unpaired) electrons. The molecule has 5 heteroatoms. The maximum absolute atomic E-state index is 13.3. The number of nitrogens with two attached hydrogens (primary N) is 1. The van der Waals surface area contributed by atoms with Gasteiger partial charge in [0.2, 0.25) is 0 Å². The summed E-state index contributed by atoms with van der Waals surface area (Å²) in [6, 6.07) is 2.85. The van der Waals surface area contributed by atoms with Crippen molar-refractivity contribution in [3.63, 3.8) is 0 Å². The van der Waals surface area contributed by atoms with Gasteiger partial charge in [0.1, 0.15) is 0 Å². The summed E-state index contributed by atoms with van der Waals surface area (Å²) in [4.78, 5) is 0. The minimum Gasteiger partial charge on any atom is -0.493 e. The van der Waals surface area contributed by atoms with Gasteiger partial charge in [-0.15, -0.1) is 0 Å². The van der Waals surface area contributed by atoms with Crippen LogP contribution in [-0.2, 0) is 0 Å². The van der Waals surface area contributed by atoms with E-state index in [1.54, 1.807) is 6.07 Å². The van der Waals surface area contributed by atoms with E-state index in [1.165, 1.54) is 13.2 Å². The first-order chi connectivity index (χ1) is 6.60. The van der Waals surface area contributed by atoms with Gasteiger partial charge in [-0.3, -0.25) is 0 Å². The average Bonchev–Trinajstić information content (AvgIpc) is 2.15. The number of benzene rings is 1. The lowest BCUT2D eigenvalue weighted by Crippen LogP contribution is -2.13. The topological polar surface area (TPSA) is 55.5 Å². The Balaban J connectivity index is 3.24. The molecular weight excluding hydrogens is 253 g/mol. The zero-order chi connectivity index (χ0) is 10.7. The lowest BCUT2D eigenvalue weighted by molar-refractivity contribution is 0.181. The number of aliphatic hydroxyl groups excluding tert-OH is 1. The van der Waals surface area contributed by atoms with Gasteiger partial charge in [0, 0.05) is 16.6 Å². The Kier molecular flexibility index (Phi) is 3.86. The number of methoxy groups -OCH3 is 1. The largest absolute Gasteiger partial charge is 0.493 e. The molecule has 0 aliphatic heterocycles. The summed E-state index contributed by atoms with van der Waals surface area (Å²) in [6.45, 7) is 0.0201. The highest BCUT2D eigenvalue weighted by atomic mass is 79.9. The number of aliphatic hydroxyl groups is 1. The Labute approximate surface area is 89.8 Å². The van der Waals surface area contributed by atoms with Gasteiger partial charge in [0.15, 0.2) is 11.6 Å². The lowest BCUT2D eigenvalue weighted by atomic mass is 10.1. The molecule has 3 nitrogen and oxygen atoms in total. The van der Waals surface area contributed by atoms with Gasteiger partial charge in [0.05, 0.1) is 13.2 Å². The summed E-state index contributed by atoms with van der Waals surface area (Å²) < 4.78 is 18.7. The second-order valence-electron chi connectivity index (χ2n) is 2.76. The van der Waals surface area contributed by atoms with Crippen LogP contribution in [-0.4, -0.2) is 18.8 Å². The van der Waals surface area contributed by atoms with E-state index in [0.29, 0.717) is 10.0 Å². The van der Waals surface area contributed by atoms with Crippen LogP contribution in [0.5, 0.6) is 5.75 Å². The van der Waals surface area contributed by atoms with Gasteiger partial charge < -0.3 is 15.6 Å². The van der Waals surface area contributed by atoms with Crippen LogP contribution in [0.3, 0.4) is 0 Å². The van der Waals surface area contributed by atoms with Crippen molar-refractivity contribution in [2.75, 3.05) is 13.7 Å². The predicted molar refractivity (Wildman–Crippen MR) is 54.7 cm³/mol. The highest BCUT2D eigenvalue weighted by Crippen LogP contribution is 2.31. The van der Waals surface area contributed by atoms with Crippen LogP contribution in [0.15, 0.2) is 16.6 Å². The van der Waals surface area contributed by atoms with Crippen molar-refractivity contribution in [1.82, 2.24) is 0 Å². The molecule has 78 valence electrons. The van der Waals surface area contributed by atoms with Gasteiger partial charge >= 0.3 is 0 Å². The number of hydrogen-bond donors (Lipinski definition) is 2. The van der Waals surface area contributed by atoms with Crippen molar-refractivity contribution in [3.05, 3.63) is 28.0 Å². The lowest BCUT2D eigenvalue weighted by Gasteiger charge is -2.14. The first kappa shape index (κ1) is 11.4. The zero-order valence-electron chi connectivity index (χ0n) is 7.63. The number of ether oxygens (including phenoxy) is 1. The molecule has 1 aromatic carbocycles. The van der Waals surface area contributed by atoms with Gasteiger partial charge in [-0.1, -0.05) is 15.9 Å². The second kappa shape index (κ2) is 4.72. The third-order valence-corrected chi connectivity index (χ3v) is 2.28. The predicted octanol–water partition coefficient (Wildman–Crippen LogP) is 1.59. The molecule has 0 saturated carbocycles. The SMILES string of the molecule is COc1c(F)cc(Br)cc1[C@H](O)CN. The Morgan fingerprint density at radius 2 is 2.29 bits per heavy atom. The van der Waals surface area contributed by atoms with E-state index in [4.69, 9.17) is 10.5 Å². The molecule has 1 rings (SSSR count). The van der Waals surface area contributed by atoms with Crippen LogP contribution < -0.4 is 10.5 Å². The molecule has 0 aromatic heterocycles. The third-order valence-electron chi connectivity index (χ3n) is 1.82. The number of halogens is 2. The molecule has 0 heterocycles. The van der Waals surface area contributed by atoms with Crippen LogP contribution in [0.2, 0.25) is 0 Å². The Morgan fingerprint density at radius 1 is 1.64 bits per heavy atom. The van der Waals surface area contributed by atoms with Crippen LogP contribution in [0.1, 0.15) is 11.7 Å². The highest BCUT2D eigenvalue weighted by Gasteiger charge is 2.16. The molecule has 0 amide bonds. The van der Waals surface area contributed by atoms with Gasteiger partial charge in [-0.2, -0.15) is 0 Å². The molecule has 0 bridgehead atoms. The van der Waals surface area contributed by atoms with Crippen LogP contribution in [0.25, 0.3) is 0 Å². The van der Waals surface area contributed by atoms with Crippen molar-refractivity contribution in [2.45, 2.75) is 6.10 Å². The van der Waals surface area contributed by atoms with E-state index in [1.807, 2.05) is 0 Å². The van der Waals surface area contributed by atoms with E-state index >= 15 is 0 Å². The maximum Gasteiger partial charge on any atom is 0.166 e. The van der Waals surface area contributed by atoms with E-state index in [-0.39, 0.29) is 12.3 Å². The minimum atomic E-state index is -0.919. The maximum atomic E-state index is 13.3. The van der Waals surface area contributed by atoms with Gasteiger partial charge in [-0.05, 0) is 12.1 Å². The summed E-state index contributed by atoms with van der Waals surface area (Å²) in [5.41, 5.74) is 5.63. The van der Waals surface area contributed by atoms with Crippen molar-refractivity contribution in [1.29, 1.82) is 0 Å². The summed E-state index contributed by atoms with van der Waals surface area (Å²) in [6.07, 6.45) is -0.919. The normalized spacial score (nSPS) is 12.6. The molecule has 0 fully saturated rings. The van der Waals surface area contributed by atoms with Crippen LogP contribution in [0.4, 0.5) is 4.39 Å². The van der Waals surface area contributed by atoms with Crippen molar-refractivity contribution in [3.8, 4) is 5.75 Å². The summed E-state index contributed by atoms with van der Waals surface area (Å²) in [5, 5.41) is 9.50. The molecule has 14 heavy (non-hydrogen) atoms. The third kappa shape index (κ3) is 2.23. The van der Waals surface area contributed by atoms with E-state index < -0.39 is 11.9 Å². The molecule has 1 atom stereocenters. The fraction of sp³-hybridized carbons (Fsp3) is 0.333. The Hall–Kier alpha value is -0.650. The highest BCUT2D eigenvalue weighted by molar-refractivity contribution is 9.10. The molecule has 0 saturated heterocycles. The zero-order valence-corrected chi connectivity index (χ0v) is 9.21. The molecule has 0 aliphatic carbocycles.